The summed E-state index contributed by atoms with van der Waals surface area (Å²) in [6.07, 6.45) is 2.83. The fourth-order valence-corrected chi connectivity index (χ4v) is 0.804. The minimum Gasteiger partial charge on any atom is -0.380 e. The van der Waals surface area contributed by atoms with Crippen LogP contribution in [0.3, 0.4) is 0 Å². The third-order valence-corrected chi connectivity index (χ3v) is 1.44. The zero-order valence-corrected chi connectivity index (χ0v) is 8.31. The van der Waals surface area contributed by atoms with Crippen molar-refractivity contribution in [2.45, 2.75) is 20.3 Å². The molecule has 0 bridgehead atoms. The predicted molar refractivity (Wildman–Crippen MR) is 53.3 cm³/mol. The van der Waals surface area contributed by atoms with Crippen LogP contribution < -0.4 is 5.32 Å². The molecule has 0 fully saturated rings. The van der Waals surface area contributed by atoms with E-state index in [1.54, 1.807) is 0 Å². The Morgan fingerprint density at radius 3 is 2.75 bits per heavy atom. The molecule has 0 saturated carbocycles. The molecule has 0 aliphatic heterocycles. The van der Waals surface area contributed by atoms with Crippen molar-refractivity contribution < 1.29 is 4.74 Å². The van der Waals surface area contributed by atoms with Crippen LogP contribution in [0.25, 0.3) is 0 Å². The first kappa shape index (κ1) is 11.7. The van der Waals surface area contributed by atoms with E-state index in [1.807, 2.05) is 6.08 Å². The van der Waals surface area contributed by atoms with Crippen LogP contribution in [-0.2, 0) is 4.74 Å². The van der Waals surface area contributed by atoms with E-state index in [2.05, 4.69) is 25.7 Å². The van der Waals surface area contributed by atoms with Gasteiger partial charge in [0.1, 0.15) is 0 Å². The Kier molecular flexibility index (Phi) is 8.51. The van der Waals surface area contributed by atoms with Crippen LogP contribution in [0.2, 0.25) is 0 Å². The van der Waals surface area contributed by atoms with E-state index in [0.29, 0.717) is 0 Å². The molecular formula is C10H21NO. The van der Waals surface area contributed by atoms with Gasteiger partial charge in [0.15, 0.2) is 0 Å². The molecule has 0 saturated heterocycles. The Bertz CT molecular complexity index is 102. The largest absolute Gasteiger partial charge is 0.380 e. The molecule has 0 atom stereocenters. The van der Waals surface area contributed by atoms with Gasteiger partial charge in [0, 0.05) is 6.54 Å². The normalized spacial score (nSPS) is 10.6. The second-order valence-corrected chi connectivity index (χ2v) is 3.29. The van der Waals surface area contributed by atoms with E-state index in [4.69, 9.17) is 4.74 Å². The third-order valence-electron chi connectivity index (χ3n) is 1.44. The van der Waals surface area contributed by atoms with E-state index in [0.717, 1.165) is 38.6 Å². The van der Waals surface area contributed by atoms with Crippen LogP contribution in [0.5, 0.6) is 0 Å². The molecule has 0 radical (unpaired) electrons. The first-order valence-corrected chi connectivity index (χ1v) is 4.66. The van der Waals surface area contributed by atoms with Crippen molar-refractivity contribution in [2.24, 2.45) is 5.92 Å². The van der Waals surface area contributed by atoms with Gasteiger partial charge in [-0.25, -0.2) is 0 Å². The summed E-state index contributed by atoms with van der Waals surface area (Å²) < 4.78 is 5.32. The molecule has 0 aromatic rings. The van der Waals surface area contributed by atoms with Gasteiger partial charge in [-0.2, -0.15) is 0 Å². The molecule has 0 rings (SSSR count). The highest BCUT2D eigenvalue weighted by Crippen LogP contribution is 1.86. The van der Waals surface area contributed by atoms with Gasteiger partial charge in [-0.1, -0.05) is 19.9 Å². The lowest BCUT2D eigenvalue weighted by Crippen LogP contribution is -2.24. The van der Waals surface area contributed by atoms with Gasteiger partial charge in [0.2, 0.25) is 0 Å². The van der Waals surface area contributed by atoms with E-state index in [1.165, 1.54) is 0 Å². The number of nitrogens with one attached hydrogen (secondary N) is 1. The lowest BCUT2D eigenvalue weighted by atomic mass is 10.2. The quantitative estimate of drug-likeness (QED) is 0.444. The maximum absolute atomic E-state index is 5.32. The Hall–Kier alpha value is -0.340. The highest BCUT2D eigenvalue weighted by Gasteiger charge is 1.91. The van der Waals surface area contributed by atoms with E-state index in [-0.39, 0.29) is 0 Å². The Morgan fingerprint density at radius 1 is 1.42 bits per heavy atom. The summed E-state index contributed by atoms with van der Waals surface area (Å²) in [7, 11) is 0. The summed E-state index contributed by atoms with van der Waals surface area (Å²) in [4.78, 5) is 0. The van der Waals surface area contributed by atoms with Gasteiger partial charge in [0.05, 0.1) is 13.2 Å². The molecule has 0 amide bonds. The zero-order valence-electron chi connectivity index (χ0n) is 8.31. The van der Waals surface area contributed by atoms with Crippen molar-refractivity contribution in [3.05, 3.63) is 12.7 Å². The summed E-state index contributed by atoms with van der Waals surface area (Å²) in [6, 6.07) is 0. The number of ether oxygens (including phenoxy) is 1. The van der Waals surface area contributed by atoms with Crippen molar-refractivity contribution in [2.75, 3.05) is 26.3 Å². The summed E-state index contributed by atoms with van der Waals surface area (Å²) in [5.74, 6) is 0.721. The molecule has 0 aliphatic carbocycles. The van der Waals surface area contributed by atoms with Crippen molar-refractivity contribution in [3.63, 3.8) is 0 Å². The van der Waals surface area contributed by atoms with Crippen molar-refractivity contribution in [1.82, 2.24) is 5.32 Å². The standard InChI is InChI=1S/C10H21NO/c1-4-5-7-12-8-6-11-9-10(2)3/h4,10-11H,1,5-9H2,2-3H3. The Labute approximate surface area is 76.0 Å². The molecule has 72 valence electrons. The molecule has 12 heavy (non-hydrogen) atoms. The maximum Gasteiger partial charge on any atom is 0.0591 e. The lowest BCUT2D eigenvalue weighted by Gasteiger charge is -2.07. The first-order valence-electron chi connectivity index (χ1n) is 4.66. The fourth-order valence-electron chi connectivity index (χ4n) is 0.804. The van der Waals surface area contributed by atoms with E-state index < -0.39 is 0 Å². The molecule has 0 aliphatic rings. The van der Waals surface area contributed by atoms with Crippen LogP contribution in [0.4, 0.5) is 0 Å². The first-order chi connectivity index (χ1) is 5.77. The average molecular weight is 171 g/mol. The molecule has 2 heteroatoms. The van der Waals surface area contributed by atoms with Gasteiger partial charge in [-0.3, -0.25) is 0 Å². The molecule has 2 nitrogen and oxygen atoms in total. The summed E-state index contributed by atoms with van der Waals surface area (Å²) in [5.41, 5.74) is 0. The minimum absolute atomic E-state index is 0.721. The fraction of sp³-hybridized carbons (Fsp3) is 0.800. The van der Waals surface area contributed by atoms with Gasteiger partial charge < -0.3 is 10.1 Å². The lowest BCUT2D eigenvalue weighted by molar-refractivity contribution is 0.140. The van der Waals surface area contributed by atoms with Gasteiger partial charge in [-0.05, 0) is 18.9 Å². The van der Waals surface area contributed by atoms with Gasteiger partial charge >= 0.3 is 0 Å². The molecular weight excluding hydrogens is 150 g/mol. The van der Waals surface area contributed by atoms with Crippen LogP contribution in [0, 0.1) is 5.92 Å². The van der Waals surface area contributed by atoms with Crippen LogP contribution in [0.1, 0.15) is 20.3 Å². The summed E-state index contributed by atoms with van der Waals surface area (Å²) in [6.45, 7) is 11.7. The second-order valence-electron chi connectivity index (χ2n) is 3.29. The maximum atomic E-state index is 5.32. The second kappa shape index (κ2) is 8.75. The number of rotatable bonds is 8. The Balaban J connectivity index is 2.86. The van der Waals surface area contributed by atoms with Crippen molar-refractivity contribution >= 4 is 0 Å². The average Bonchev–Trinajstić information content (AvgIpc) is 2.02. The highest BCUT2D eigenvalue weighted by molar-refractivity contribution is 4.64. The summed E-state index contributed by atoms with van der Waals surface area (Å²) in [5, 5.41) is 3.31. The molecule has 0 heterocycles. The summed E-state index contributed by atoms with van der Waals surface area (Å²) >= 11 is 0. The molecule has 1 N–H and O–H groups in total. The van der Waals surface area contributed by atoms with Crippen molar-refractivity contribution in [3.8, 4) is 0 Å². The molecule has 0 unspecified atom stereocenters. The highest BCUT2D eigenvalue weighted by atomic mass is 16.5. The zero-order chi connectivity index (χ0) is 9.23. The predicted octanol–water partition coefficient (Wildman–Crippen LogP) is 1.82. The van der Waals surface area contributed by atoms with Crippen LogP contribution >= 0.6 is 0 Å². The third kappa shape index (κ3) is 9.66. The number of hydrogen-bond acceptors (Lipinski definition) is 2. The van der Waals surface area contributed by atoms with Crippen LogP contribution in [0.15, 0.2) is 12.7 Å². The van der Waals surface area contributed by atoms with Crippen molar-refractivity contribution in [1.29, 1.82) is 0 Å². The van der Waals surface area contributed by atoms with E-state index in [9.17, 15) is 0 Å². The molecule has 0 spiro atoms. The van der Waals surface area contributed by atoms with Crippen LogP contribution in [-0.4, -0.2) is 26.3 Å². The SMILES string of the molecule is C=CCCOCCNCC(C)C. The monoisotopic (exact) mass is 171 g/mol. The van der Waals surface area contributed by atoms with Gasteiger partial charge in [-0.15, -0.1) is 6.58 Å². The smallest absolute Gasteiger partial charge is 0.0591 e. The minimum atomic E-state index is 0.721. The van der Waals surface area contributed by atoms with Gasteiger partial charge in [0.25, 0.3) is 0 Å². The topological polar surface area (TPSA) is 21.3 Å². The number of hydrogen-bond donors (Lipinski definition) is 1. The molecule has 0 aromatic heterocycles. The van der Waals surface area contributed by atoms with E-state index >= 15 is 0 Å². The Morgan fingerprint density at radius 2 is 2.17 bits per heavy atom. The molecule has 0 aromatic carbocycles.